The molecule has 2 N–H and O–H groups in total. The molecule has 1 amide bonds. The van der Waals surface area contributed by atoms with Crippen LogP contribution >= 0.6 is 0 Å². The van der Waals surface area contributed by atoms with Gasteiger partial charge in [-0.25, -0.2) is 8.78 Å². The highest BCUT2D eigenvalue weighted by atomic mass is 19.3. The molecule has 2 aliphatic rings. The minimum absolute atomic E-state index is 0.183. The summed E-state index contributed by atoms with van der Waals surface area (Å²) in [4.78, 5) is 11.9. The second-order valence-corrected chi connectivity index (χ2v) is 5.68. The van der Waals surface area contributed by atoms with Gasteiger partial charge in [0, 0.05) is 51.4 Å². The second-order valence-electron chi connectivity index (χ2n) is 5.68. The fourth-order valence-electron chi connectivity index (χ4n) is 2.63. The Morgan fingerprint density at radius 2 is 1.79 bits per heavy atom. The molecule has 0 aromatic carbocycles. The third kappa shape index (κ3) is 4.11. The Bertz CT molecular complexity index is 320. The molecule has 1 aliphatic heterocycles. The van der Waals surface area contributed by atoms with Gasteiger partial charge < -0.3 is 15.2 Å². The summed E-state index contributed by atoms with van der Waals surface area (Å²) in [6.07, 6.45) is 0.999. The minimum Gasteiger partial charge on any atom is -0.388 e. The van der Waals surface area contributed by atoms with E-state index in [9.17, 15) is 18.7 Å². The van der Waals surface area contributed by atoms with Crippen LogP contribution in [0, 0.1) is 5.92 Å². The zero-order valence-electron chi connectivity index (χ0n) is 11.0. The van der Waals surface area contributed by atoms with Gasteiger partial charge in [-0.1, -0.05) is 0 Å². The van der Waals surface area contributed by atoms with Gasteiger partial charge in [0.1, 0.15) is 0 Å². The van der Waals surface area contributed by atoms with Gasteiger partial charge in [-0.3, -0.25) is 4.79 Å². The zero-order valence-corrected chi connectivity index (χ0v) is 11.0. The number of aliphatic hydroxyl groups is 1. The zero-order chi connectivity index (χ0) is 13.9. The number of halogens is 2. The van der Waals surface area contributed by atoms with E-state index in [4.69, 9.17) is 4.74 Å². The molecule has 19 heavy (non-hydrogen) atoms. The molecule has 0 unspecified atom stereocenters. The van der Waals surface area contributed by atoms with Crippen LogP contribution in [0.3, 0.4) is 0 Å². The molecule has 0 spiro atoms. The van der Waals surface area contributed by atoms with Crippen molar-refractivity contribution in [3.05, 3.63) is 0 Å². The third-order valence-electron chi connectivity index (χ3n) is 4.10. The molecule has 1 aliphatic carbocycles. The molecule has 6 heteroatoms. The number of carbonyl (C=O) groups is 1. The van der Waals surface area contributed by atoms with Gasteiger partial charge in [0.25, 0.3) is 0 Å². The molecule has 1 heterocycles. The molecule has 0 radical (unpaired) electrons. The SMILES string of the molecule is O=C(NCC1(O)CCOCC1)C1CCC(F)(F)CC1. The number of amides is 1. The van der Waals surface area contributed by atoms with Crippen molar-refractivity contribution in [3.63, 3.8) is 0 Å². The van der Waals surface area contributed by atoms with Crippen LogP contribution in [0.25, 0.3) is 0 Å². The predicted molar refractivity (Wildman–Crippen MR) is 64.9 cm³/mol. The standard InChI is InChI=1S/C13H21F2NO3/c14-13(15)3-1-10(2-4-13)11(17)16-9-12(18)5-7-19-8-6-12/h10,18H,1-9H2,(H,16,17). The molecule has 110 valence electrons. The van der Waals surface area contributed by atoms with Crippen LogP contribution in [-0.4, -0.2) is 42.3 Å². The summed E-state index contributed by atoms with van der Waals surface area (Å²) in [7, 11) is 0. The van der Waals surface area contributed by atoms with Crippen LogP contribution in [0.5, 0.6) is 0 Å². The number of carbonyl (C=O) groups excluding carboxylic acids is 1. The quantitative estimate of drug-likeness (QED) is 0.821. The number of hydrogen-bond donors (Lipinski definition) is 2. The lowest BCUT2D eigenvalue weighted by Gasteiger charge is -2.33. The van der Waals surface area contributed by atoms with Crippen molar-refractivity contribution in [3.8, 4) is 0 Å². The fourth-order valence-corrected chi connectivity index (χ4v) is 2.63. The van der Waals surface area contributed by atoms with Crippen LogP contribution < -0.4 is 5.32 Å². The average Bonchev–Trinajstić information content (AvgIpc) is 2.37. The van der Waals surface area contributed by atoms with E-state index in [1.54, 1.807) is 0 Å². The van der Waals surface area contributed by atoms with Gasteiger partial charge in [-0.2, -0.15) is 0 Å². The molecule has 4 nitrogen and oxygen atoms in total. The summed E-state index contributed by atoms with van der Waals surface area (Å²) < 4.78 is 31.1. The van der Waals surface area contributed by atoms with E-state index in [0.717, 1.165) is 0 Å². The summed E-state index contributed by atoms with van der Waals surface area (Å²) in [6, 6.07) is 0. The van der Waals surface area contributed by atoms with Gasteiger partial charge in [0.15, 0.2) is 0 Å². The Hall–Kier alpha value is -0.750. The highest BCUT2D eigenvalue weighted by Gasteiger charge is 2.38. The Labute approximate surface area is 111 Å². The van der Waals surface area contributed by atoms with Crippen molar-refractivity contribution in [2.75, 3.05) is 19.8 Å². The summed E-state index contributed by atoms with van der Waals surface area (Å²) in [5.41, 5.74) is -0.910. The number of hydrogen-bond acceptors (Lipinski definition) is 3. The molecule has 0 aromatic heterocycles. The number of alkyl halides is 2. The lowest BCUT2D eigenvalue weighted by molar-refractivity contribution is -0.131. The summed E-state index contributed by atoms with van der Waals surface area (Å²) in [6.45, 7) is 1.16. The van der Waals surface area contributed by atoms with Crippen LogP contribution in [0.2, 0.25) is 0 Å². The first-order chi connectivity index (χ1) is 8.90. The summed E-state index contributed by atoms with van der Waals surface area (Å²) in [5, 5.41) is 12.9. The maximum atomic E-state index is 13.0. The van der Waals surface area contributed by atoms with Crippen molar-refractivity contribution >= 4 is 5.91 Å². The van der Waals surface area contributed by atoms with E-state index in [0.29, 0.717) is 26.1 Å². The topological polar surface area (TPSA) is 58.6 Å². The second kappa shape index (κ2) is 5.71. The third-order valence-corrected chi connectivity index (χ3v) is 4.10. The van der Waals surface area contributed by atoms with E-state index in [1.165, 1.54) is 0 Å². The van der Waals surface area contributed by atoms with E-state index in [2.05, 4.69) is 5.32 Å². The first kappa shape index (κ1) is 14.7. The lowest BCUT2D eigenvalue weighted by Crippen LogP contribution is -2.48. The van der Waals surface area contributed by atoms with E-state index < -0.39 is 11.5 Å². The van der Waals surface area contributed by atoms with Gasteiger partial charge in [-0.15, -0.1) is 0 Å². The molecule has 1 saturated heterocycles. The van der Waals surface area contributed by atoms with Gasteiger partial charge in [0.05, 0.1) is 5.60 Å². The number of ether oxygens (including phenoxy) is 1. The van der Waals surface area contributed by atoms with E-state index >= 15 is 0 Å². The highest BCUT2D eigenvalue weighted by molar-refractivity contribution is 5.78. The Balaban J connectivity index is 1.75. The Kier molecular flexibility index (Phi) is 4.40. The molecule has 2 fully saturated rings. The minimum atomic E-state index is -2.62. The van der Waals surface area contributed by atoms with Crippen molar-refractivity contribution in [2.45, 2.75) is 50.0 Å². The van der Waals surface area contributed by atoms with Gasteiger partial charge in [0.2, 0.25) is 11.8 Å². The van der Waals surface area contributed by atoms with Gasteiger partial charge in [-0.05, 0) is 12.8 Å². The van der Waals surface area contributed by atoms with Crippen LogP contribution in [0.4, 0.5) is 8.78 Å². The normalized spacial score (nSPS) is 26.9. The van der Waals surface area contributed by atoms with E-state index in [-0.39, 0.29) is 44.1 Å². The maximum Gasteiger partial charge on any atom is 0.248 e. The molecular weight excluding hydrogens is 256 g/mol. The van der Waals surface area contributed by atoms with Crippen molar-refractivity contribution in [2.24, 2.45) is 5.92 Å². The fraction of sp³-hybridized carbons (Fsp3) is 0.923. The largest absolute Gasteiger partial charge is 0.388 e. The molecule has 0 aromatic rings. The van der Waals surface area contributed by atoms with Crippen molar-refractivity contribution in [1.29, 1.82) is 0 Å². The van der Waals surface area contributed by atoms with Crippen LogP contribution in [0.15, 0.2) is 0 Å². The molecule has 2 rings (SSSR count). The average molecular weight is 277 g/mol. The summed E-state index contributed by atoms with van der Waals surface area (Å²) in [5.74, 6) is -3.17. The molecule has 0 bridgehead atoms. The smallest absolute Gasteiger partial charge is 0.248 e. The van der Waals surface area contributed by atoms with Gasteiger partial charge >= 0.3 is 0 Å². The van der Waals surface area contributed by atoms with Crippen LogP contribution in [-0.2, 0) is 9.53 Å². The van der Waals surface area contributed by atoms with Crippen molar-refractivity contribution in [1.82, 2.24) is 5.32 Å². The molecule has 0 atom stereocenters. The predicted octanol–water partition coefficient (Wildman–Crippen LogP) is 1.47. The monoisotopic (exact) mass is 277 g/mol. The Morgan fingerprint density at radius 1 is 1.21 bits per heavy atom. The van der Waals surface area contributed by atoms with Crippen molar-refractivity contribution < 1.29 is 23.4 Å². The highest BCUT2D eigenvalue weighted by Crippen LogP contribution is 2.36. The first-order valence-electron chi connectivity index (χ1n) is 6.86. The maximum absolute atomic E-state index is 13.0. The number of nitrogens with one attached hydrogen (secondary N) is 1. The van der Waals surface area contributed by atoms with Crippen LogP contribution in [0.1, 0.15) is 38.5 Å². The lowest BCUT2D eigenvalue weighted by atomic mass is 9.86. The molecule has 1 saturated carbocycles. The number of rotatable bonds is 3. The molecular formula is C13H21F2NO3. The first-order valence-corrected chi connectivity index (χ1v) is 6.86. The summed E-state index contributed by atoms with van der Waals surface area (Å²) >= 11 is 0. The van der Waals surface area contributed by atoms with E-state index in [1.807, 2.05) is 0 Å². The Morgan fingerprint density at radius 3 is 2.37 bits per heavy atom.